The Hall–Kier alpha value is -3.82. The molecule has 0 N–H and O–H groups in total. The maximum absolute atomic E-state index is 8.47. The Morgan fingerprint density at radius 3 is 0.786 bits per heavy atom. The molecule has 42 heavy (non-hydrogen) atoms. The van der Waals surface area contributed by atoms with E-state index in [0.29, 0.717) is 0 Å². The van der Waals surface area contributed by atoms with Crippen molar-refractivity contribution in [2.75, 3.05) is 14.7 Å². The van der Waals surface area contributed by atoms with Crippen LogP contribution in [0.5, 0.6) is 0 Å². The van der Waals surface area contributed by atoms with Crippen molar-refractivity contribution in [2.24, 2.45) is 0 Å². The quantitative estimate of drug-likeness (QED) is 0.166. The van der Waals surface area contributed by atoms with Crippen LogP contribution < -0.4 is 24.5 Å². The summed E-state index contributed by atoms with van der Waals surface area (Å²) in [6.45, 7) is 0. The molecule has 3 nitrogen and oxygen atoms in total. The summed E-state index contributed by atoms with van der Waals surface area (Å²) in [5.74, 6) is 0. The summed E-state index contributed by atoms with van der Waals surface area (Å²) in [7, 11) is 16.9. The van der Waals surface area contributed by atoms with Crippen LogP contribution in [-0.4, -0.2) is 16.4 Å². The Morgan fingerprint density at radius 2 is 0.548 bits per heavy atom. The average Bonchev–Trinajstić information content (AvgIpc) is 3.02. The molecule has 3 aliphatic rings. The SMILES string of the molecule is [Cl][Bi]12([Cl])[c]3c4cccc3N(c3ccccc3)c3cccc([c]31)N(c1ccccc1)c1cccc([c]12)N4c1ccccc1. The Kier molecular flexibility index (Phi) is 5.08. The molecule has 0 fully saturated rings. The van der Waals surface area contributed by atoms with Gasteiger partial charge >= 0.3 is 255 Å². The fourth-order valence-electron chi connectivity index (χ4n) is 7.14. The maximum atomic E-state index is 8.47. The molecule has 0 atom stereocenters. The summed E-state index contributed by atoms with van der Waals surface area (Å²) in [4.78, 5) is 7.06. The molecule has 0 saturated heterocycles. The van der Waals surface area contributed by atoms with E-state index in [1.807, 2.05) is 0 Å². The summed E-state index contributed by atoms with van der Waals surface area (Å²) >= 11 is -5.39. The van der Waals surface area contributed by atoms with Crippen molar-refractivity contribution in [1.29, 1.82) is 0 Å². The molecule has 0 radical (unpaired) electrons. The Bertz CT molecular complexity index is 1750. The first-order valence-corrected chi connectivity index (χ1v) is 27.8. The van der Waals surface area contributed by atoms with Crippen molar-refractivity contribution in [3.8, 4) is 0 Å². The summed E-state index contributed by atoms with van der Waals surface area (Å²) in [6.07, 6.45) is 0. The first-order chi connectivity index (χ1) is 20.6. The van der Waals surface area contributed by atoms with Gasteiger partial charge in [0.15, 0.2) is 0 Å². The van der Waals surface area contributed by atoms with Crippen LogP contribution in [0, 0.1) is 0 Å². The van der Waals surface area contributed by atoms with Gasteiger partial charge in [0.2, 0.25) is 0 Å². The van der Waals surface area contributed by atoms with Crippen LogP contribution in [0.25, 0.3) is 0 Å². The van der Waals surface area contributed by atoms with E-state index in [9.17, 15) is 0 Å². The molecule has 9 rings (SSSR count). The number of halogens is 2. The number of benzene rings is 6. The minimum atomic E-state index is -5.39. The van der Waals surface area contributed by atoms with E-state index in [-0.39, 0.29) is 0 Å². The van der Waals surface area contributed by atoms with Crippen molar-refractivity contribution in [2.45, 2.75) is 0 Å². The topological polar surface area (TPSA) is 9.72 Å². The number of hydrogen-bond acceptors (Lipinski definition) is 3. The van der Waals surface area contributed by atoms with Crippen LogP contribution in [0.3, 0.4) is 0 Å². The third-order valence-corrected chi connectivity index (χ3v) is 32.0. The number of hydrogen-bond donors (Lipinski definition) is 0. The summed E-state index contributed by atoms with van der Waals surface area (Å²) < 4.78 is 3.23. The standard InChI is InChI=1S/C36H24N3.Bi.2ClH/c1-4-13-28(14-5-1)37-31-19-10-21-33(25-31)38(29-15-6-2-7-16-29)35-23-12-24-36(27-35)39(30-17-8-3-9-18-30)34-22-11-20-32(37)26-34;;;/h1-24H;;2*1H/q;+2;;/p-2. The molecule has 0 amide bonds. The first kappa shape index (κ1) is 24.8. The molecule has 0 bridgehead atoms. The molecular weight excluding hydrogens is 754 g/mol. The molecule has 0 aromatic heterocycles. The normalized spacial score (nSPS) is 17.2. The molecular formula is C36H24BiCl2N3. The van der Waals surface area contributed by atoms with Crippen molar-refractivity contribution in [3.63, 3.8) is 0 Å². The Labute approximate surface area is 253 Å². The third-order valence-electron chi connectivity index (χ3n) is 8.65. The van der Waals surface area contributed by atoms with Crippen molar-refractivity contribution in [1.82, 2.24) is 0 Å². The van der Waals surface area contributed by atoms with Gasteiger partial charge in [0.05, 0.1) is 0 Å². The number of para-hydroxylation sites is 3. The van der Waals surface area contributed by atoms with Gasteiger partial charge in [-0.2, -0.15) is 0 Å². The van der Waals surface area contributed by atoms with E-state index in [2.05, 4.69) is 160 Å². The van der Waals surface area contributed by atoms with E-state index < -0.39 is 16.4 Å². The van der Waals surface area contributed by atoms with Gasteiger partial charge in [0, 0.05) is 0 Å². The second-order valence-electron chi connectivity index (χ2n) is 10.9. The molecule has 0 unspecified atom stereocenters. The Morgan fingerprint density at radius 1 is 0.310 bits per heavy atom. The fourth-order valence-corrected chi connectivity index (χ4v) is 32.3. The zero-order chi connectivity index (χ0) is 28.1. The van der Waals surface area contributed by atoms with Gasteiger partial charge in [0.25, 0.3) is 0 Å². The molecule has 0 spiro atoms. The number of rotatable bonds is 3. The van der Waals surface area contributed by atoms with Crippen molar-refractivity contribution < 1.29 is 0 Å². The second kappa shape index (κ2) is 8.61. The van der Waals surface area contributed by atoms with Crippen LogP contribution in [0.4, 0.5) is 51.2 Å². The monoisotopic (exact) mass is 777 g/mol. The van der Waals surface area contributed by atoms with Crippen LogP contribution in [0.1, 0.15) is 0 Å². The molecule has 0 saturated carbocycles. The first-order valence-electron chi connectivity index (χ1n) is 14.0. The molecule has 0 aliphatic carbocycles. The summed E-state index contributed by atoms with van der Waals surface area (Å²) in [5, 5.41) is 0. The van der Waals surface area contributed by atoms with Gasteiger partial charge in [-0.1, -0.05) is 0 Å². The zero-order valence-corrected chi connectivity index (χ0v) is 27.4. The molecule has 3 heterocycles. The fraction of sp³-hybridized carbons (Fsp3) is 0. The van der Waals surface area contributed by atoms with E-state index >= 15 is 0 Å². The summed E-state index contributed by atoms with van der Waals surface area (Å²) in [6, 6.07) is 51.2. The van der Waals surface area contributed by atoms with Gasteiger partial charge in [0.1, 0.15) is 0 Å². The molecule has 3 aliphatic heterocycles. The van der Waals surface area contributed by atoms with Crippen LogP contribution in [0.2, 0.25) is 0 Å². The van der Waals surface area contributed by atoms with Crippen molar-refractivity contribution in [3.05, 3.63) is 146 Å². The van der Waals surface area contributed by atoms with Crippen molar-refractivity contribution >= 4 is 94.4 Å². The molecule has 6 aromatic rings. The van der Waals surface area contributed by atoms with E-state index in [0.717, 1.165) is 61.0 Å². The van der Waals surface area contributed by atoms with Gasteiger partial charge < -0.3 is 0 Å². The van der Waals surface area contributed by atoms with E-state index in [1.54, 1.807) is 0 Å². The van der Waals surface area contributed by atoms with E-state index in [4.69, 9.17) is 17.0 Å². The molecule has 6 aromatic carbocycles. The number of anilines is 9. The van der Waals surface area contributed by atoms with Gasteiger partial charge in [-0.15, -0.1) is 0 Å². The van der Waals surface area contributed by atoms with Crippen LogP contribution in [0.15, 0.2) is 146 Å². The molecule has 6 heteroatoms. The molecule has 202 valence electrons. The minimum absolute atomic E-state index is 1.05. The van der Waals surface area contributed by atoms with E-state index in [1.165, 1.54) is 0 Å². The zero-order valence-electron chi connectivity index (χ0n) is 22.4. The average molecular weight is 778 g/mol. The predicted molar refractivity (Wildman–Crippen MR) is 180 cm³/mol. The Balaban J connectivity index is 1.50. The number of nitrogens with zero attached hydrogens (tertiary/aromatic N) is 3. The van der Waals surface area contributed by atoms with Crippen LogP contribution in [-0.2, 0) is 0 Å². The van der Waals surface area contributed by atoms with Crippen LogP contribution >= 0.6 is 17.0 Å². The van der Waals surface area contributed by atoms with Gasteiger partial charge in [-0.3, -0.25) is 0 Å². The predicted octanol–water partition coefficient (Wildman–Crippen LogP) is 8.93. The summed E-state index contributed by atoms with van der Waals surface area (Å²) in [5.41, 5.74) is 9.54. The van der Waals surface area contributed by atoms with Gasteiger partial charge in [-0.05, 0) is 0 Å². The third kappa shape index (κ3) is 3.00. The van der Waals surface area contributed by atoms with Gasteiger partial charge in [-0.25, -0.2) is 0 Å². The second-order valence-corrected chi connectivity index (χ2v) is 36.5.